The molecule has 0 aliphatic carbocycles. The molecule has 0 spiro atoms. The molecule has 0 radical (unpaired) electrons. The molecular formula is C16H21NO2S. The molecule has 1 atom stereocenters. The highest BCUT2D eigenvalue weighted by Crippen LogP contribution is 2.15. The van der Waals surface area contributed by atoms with Gasteiger partial charge in [0, 0.05) is 16.6 Å². The third-order valence-corrected chi connectivity index (χ3v) is 4.24. The summed E-state index contributed by atoms with van der Waals surface area (Å²) in [6.45, 7) is 4.83. The van der Waals surface area contributed by atoms with E-state index in [0.717, 1.165) is 17.1 Å². The van der Waals surface area contributed by atoms with E-state index in [-0.39, 0.29) is 0 Å². The Kier molecular flexibility index (Phi) is 5.15. The molecule has 3 nitrogen and oxygen atoms in total. The smallest absolute Gasteiger partial charge is 0.117 e. The van der Waals surface area contributed by atoms with Gasteiger partial charge >= 0.3 is 0 Å². The molecule has 0 aliphatic rings. The maximum atomic E-state index is 12.2. The van der Waals surface area contributed by atoms with E-state index in [0.29, 0.717) is 18.1 Å². The molecule has 0 aliphatic heterocycles. The normalized spacial score (nSPS) is 12.6. The SMILES string of the molecule is CNCc1ccc(CS(=O)Cc2cc(C)cc(C)c2)o1. The van der Waals surface area contributed by atoms with E-state index < -0.39 is 10.8 Å². The van der Waals surface area contributed by atoms with Crippen molar-refractivity contribution in [1.82, 2.24) is 5.32 Å². The monoisotopic (exact) mass is 291 g/mol. The number of nitrogens with one attached hydrogen (secondary N) is 1. The molecule has 20 heavy (non-hydrogen) atoms. The van der Waals surface area contributed by atoms with E-state index in [2.05, 4.69) is 37.4 Å². The van der Waals surface area contributed by atoms with Crippen molar-refractivity contribution in [3.63, 3.8) is 0 Å². The largest absolute Gasteiger partial charge is 0.464 e. The van der Waals surface area contributed by atoms with Gasteiger partial charge in [-0.15, -0.1) is 0 Å². The Labute approximate surface area is 122 Å². The number of hydrogen-bond donors (Lipinski definition) is 1. The van der Waals surface area contributed by atoms with Crippen molar-refractivity contribution in [2.24, 2.45) is 0 Å². The van der Waals surface area contributed by atoms with Crippen LogP contribution in [0.25, 0.3) is 0 Å². The Morgan fingerprint density at radius 1 is 1.05 bits per heavy atom. The lowest BCUT2D eigenvalue weighted by Crippen LogP contribution is -2.03. The van der Waals surface area contributed by atoms with Crippen LogP contribution in [0.5, 0.6) is 0 Å². The minimum absolute atomic E-state index is 0.469. The number of furan rings is 1. The third-order valence-electron chi connectivity index (χ3n) is 2.98. The number of benzene rings is 1. The number of rotatable bonds is 6. The topological polar surface area (TPSA) is 42.2 Å². The van der Waals surface area contributed by atoms with Crippen LogP contribution in [-0.4, -0.2) is 11.3 Å². The van der Waals surface area contributed by atoms with Gasteiger partial charge in [-0.25, -0.2) is 0 Å². The van der Waals surface area contributed by atoms with Gasteiger partial charge in [-0.2, -0.15) is 0 Å². The van der Waals surface area contributed by atoms with Crippen LogP contribution in [0, 0.1) is 13.8 Å². The van der Waals surface area contributed by atoms with E-state index >= 15 is 0 Å². The molecular weight excluding hydrogens is 270 g/mol. The molecule has 2 aromatic rings. The predicted octanol–water partition coefficient (Wildman–Crippen LogP) is 3.06. The maximum Gasteiger partial charge on any atom is 0.117 e. The van der Waals surface area contributed by atoms with Crippen molar-refractivity contribution in [2.75, 3.05) is 7.05 Å². The van der Waals surface area contributed by atoms with E-state index in [9.17, 15) is 4.21 Å². The highest BCUT2D eigenvalue weighted by atomic mass is 32.2. The lowest BCUT2D eigenvalue weighted by molar-refractivity contribution is 0.467. The Bertz CT molecular complexity index is 584. The zero-order chi connectivity index (χ0) is 14.5. The molecule has 2 rings (SSSR count). The Morgan fingerprint density at radius 2 is 1.70 bits per heavy atom. The minimum atomic E-state index is -0.943. The summed E-state index contributed by atoms with van der Waals surface area (Å²) >= 11 is 0. The summed E-state index contributed by atoms with van der Waals surface area (Å²) < 4.78 is 17.8. The van der Waals surface area contributed by atoms with Crippen LogP contribution in [0.3, 0.4) is 0 Å². The molecule has 0 saturated heterocycles. The first-order valence-corrected chi connectivity index (χ1v) is 8.20. The van der Waals surface area contributed by atoms with Gasteiger partial charge in [-0.05, 0) is 38.6 Å². The zero-order valence-electron chi connectivity index (χ0n) is 12.2. The second-order valence-corrected chi connectivity index (χ2v) is 6.58. The first-order valence-electron chi connectivity index (χ1n) is 6.71. The Morgan fingerprint density at radius 3 is 2.35 bits per heavy atom. The van der Waals surface area contributed by atoms with Gasteiger partial charge in [0.25, 0.3) is 0 Å². The van der Waals surface area contributed by atoms with E-state index in [1.807, 2.05) is 19.2 Å². The summed E-state index contributed by atoms with van der Waals surface area (Å²) in [5.74, 6) is 2.71. The first kappa shape index (κ1) is 15.0. The molecule has 1 heterocycles. The van der Waals surface area contributed by atoms with E-state index in [4.69, 9.17) is 4.42 Å². The molecule has 1 unspecified atom stereocenters. The van der Waals surface area contributed by atoms with Crippen LogP contribution in [0.2, 0.25) is 0 Å². The summed E-state index contributed by atoms with van der Waals surface area (Å²) in [5.41, 5.74) is 3.56. The van der Waals surface area contributed by atoms with Gasteiger partial charge in [0.05, 0.1) is 12.3 Å². The Balaban J connectivity index is 1.97. The molecule has 0 saturated carbocycles. The highest BCUT2D eigenvalue weighted by molar-refractivity contribution is 7.83. The minimum Gasteiger partial charge on any atom is -0.464 e. The van der Waals surface area contributed by atoms with Crippen molar-refractivity contribution in [2.45, 2.75) is 31.9 Å². The van der Waals surface area contributed by atoms with Crippen LogP contribution < -0.4 is 5.32 Å². The summed E-state index contributed by atoms with van der Waals surface area (Å²) in [5, 5.41) is 3.03. The third kappa shape index (κ3) is 4.32. The van der Waals surface area contributed by atoms with E-state index in [1.54, 1.807) is 0 Å². The molecule has 1 aromatic heterocycles. The van der Waals surface area contributed by atoms with Gasteiger partial charge in [-0.3, -0.25) is 4.21 Å². The molecule has 1 aromatic carbocycles. The zero-order valence-corrected chi connectivity index (χ0v) is 13.0. The molecule has 108 valence electrons. The summed E-state index contributed by atoms with van der Waals surface area (Å²) in [7, 11) is 0.932. The molecule has 1 N–H and O–H groups in total. The first-order chi connectivity index (χ1) is 9.56. The van der Waals surface area contributed by atoms with Crippen LogP contribution in [-0.2, 0) is 28.9 Å². The molecule has 4 heteroatoms. The fourth-order valence-electron chi connectivity index (χ4n) is 2.32. The molecule has 0 amide bonds. The Hall–Kier alpha value is -1.39. The summed E-state index contributed by atoms with van der Waals surface area (Å²) in [6, 6.07) is 10.2. The van der Waals surface area contributed by atoms with Crippen molar-refractivity contribution >= 4 is 10.8 Å². The van der Waals surface area contributed by atoms with Crippen LogP contribution >= 0.6 is 0 Å². The van der Waals surface area contributed by atoms with E-state index in [1.165, 1.54) is 11.1 Å². The summed E-state index contributed by atoms with van der Waals surface area (Å²) in [6.07, 6.45) is 0. The number of hydrogen-bond acceptors (Lipinski definition) is 3. The molecule has 0 fully saturated rings. The van der Waals surface area contributed by atoms with Crippen molar-refractivity contribution in [3.8, 4) is 0 Å². The lowest BCUT2D eigenvalue weighted by Gasteiger charge is -2.04. The lowest BCUT2D eigenvalue weighted by atomic mass is 10.1. The van der Waals surface area contributed by atoms with Crippen molar-refractivity contribution in [3.05, 3.63) is 58.5 Å². The average Bonchev–Trinajstić information content (AvgIpc) is 2.75. The highest BCUT2D eigenvalue weighted by Gasteiger charge is 2.08. The number of aryl methyl sites for hydroxylation is 2. The summed E-state index contributed by atoms with van der Waals surface area (Å²) in [4.78, 5) is 0. The maximum absolute atomic E-state index is 12.2. The van der Waals surface area contributed by atoms with Crippen molar-refractivity contribution < 1.29 is 8.63 Å². The average molecular weight is 291 g/mol. The predicted molar refractivity (Wildman–Crippen MR) is 82.9 cm³/mol. The van der Waals surface area contributed by atoms with Gasteiger partial charge < -0.3 is 9.73 Å². The second-order valence-electron chi connectivity index (χ2n) is 5.12. The fourth-order valence-corrected chi connectivity index (χ4v) is 3.43. The van der Waals surface area contributed by atoms with Crippen molar-refractivity contribution in [1.29, 1.82) is 0 Å². The van der Waals surface area contributed by atoms with Gasteiger partial charge in [-0.1, -0.05) is 29.3 Å². The second kappa shape index (κ2) is 6.86. The van der Waals surface area contributed by atoms with Crippen LogP contribution in [0.4, 0.5) is 0 Å². The standard InChI is InChI=1S/C16H21NO2S/c1-12-6-13(2)8-14(7-12)10-20(18)11-16-5-4-15(19-16)9-17-3/h4-8,17H,9-11H2,1-3H3. The quantitative estimate of drug-likeness (QED) is 0.889. The van der Waals surface area contributed by atoms with Gasteiger partial charge in [0.1, 0.15) is 11.5 Å². The molecule has 0 bridgehead atoms. The van der Waals surface area contributed by atoms with Crippen LogP contribution in [0.1, 0.15) is 28.2 Å². The van der Waals surface area contributed by atoms with Gasteiger partial charge in [0.2, 0.25) is 0 Å². The van der Waals surface area contributed by atoms with Crippen LogP contribution in [0.15, 0.2) is 34.7 Å². The fraction of sp³-hybridized carbons (Fsp3) is 0.375. The van der Waals surface area contributed by atoms with Gasteiger partial charge in [0.15, 0.2) is 0 Å².